The Bertz CT molecular complexity index is 1140. The number of methoxy groups -OCH3 is 5. The monoisotopic (exact) mass is 572 g/mol. The van der Waals surface area contributed by atoms with Gasteiger partial charge in [0.25, 0.3) is 0 Å². The molecule has 2 unspecified atom stereocenters. The Morgan fingerprint density at radius 2 is 1.43 bits per heavy atom. The molecule has 1 radical (unpaired) electrons. The lowest BCUT2D eigenvalue weighted by Gasteiger charge is -2.39. The average molecular weight is 573 g/mol. The normalized spacial score (nSPS) is 18.2. The Morgan fingerprint density at radius 1 is 0.850 bits per heavy atom. The topological polar surface area (TPSA) is 75.7 Å². The number of benzene rings is 2. The fourth-order valence-corrected chi connectivity index (χ4v) is 6.47. The van der Waals surface area contributed by atoms with Crippen molar-refractivity contribution in [1.82, 2.24) is 4.90 Å². The van der Waals surface area contributed by atoms with Crippen LogP contribution in [0.5, 0.6) is 28.7 Å². The van der Waals surface area contributed by atoms with Gasteiger partial charge in [-0.3, -0.25) is 4.79 Å². The number of carbonyl (C=O) groups is 1. The summed E-state index contributed by atoms with van der Waals surface area (Å²) in [6.45, 7) is 12.0. The molecule has 2 atom stereocenters. The fraction of sp³-hybridized carbons (Fsp3) is 0.581. The smallest absolute Gasteiger partial charge is 0.229 e. The van der Waals surface area contributed by atoms with E-state index < -0.39 is 14.5 Å². The number of hydrogen-bond donors (Lipinski definition) is 0. The summed E-state index contributed by atoms with van der Waals surface area (Å²) >= 11 is 0. The molecule has 221 valence electrons. The summed E-state index contributed by atoms with van der Waals surface area (Å²) in [6.07, 6.45) is 1.91. The van der Waals surface area contributed by atoms with Crippen molar-refractivity contribution in [2.75, 3.05) is 42.1 Å². The third kappa shape index (κ3) is 7.04. The van der Waals surface area contributed by atoms with Crippen LogP contribution in [0.1, 0.15) is 44.7 Å². The van der Waals surface area contributed by atoms with E-state index in [2.05, 4.69) is 33.9 Å². The largest absolute Gasteiger partial charge is 0.493 e. The maximum absolute atomic E-state index is 14.4. The van der Waals surface area contributed by atoms with Crippen LogP contribution in [0.25, 0.3) is 0 Å². The molecule has 0 N–H and O–H groups in total. The second-order valence-electron chi connectivity index (χ2n) is 11.7. The zero-order valence-electron chi connectivity index (χ0n) is 25.8. The Hall–Kier alpha value is -2.91. The maximum Gasteiger partial charge on any atom is 0.229 e. The quantitative estimate of drug-likeness (QED) is 0.282. The van der Waals surface area contributed by atoms with Gasteiger partial charge in [-0.05, 0) is 73.2 Å². The number of rotatable bonds is 13. The highest BCUT2D eigenvalue weighted by molar-refractivity contribution is 6.48. The van der Waals surface area contributed by atoms with Gasteiger partial charge in [0, 0.05) is 13.1 Å². The minimum Gasteiger partial charge on any atom is -0.493 e. The first kappa shape index (κ1) is 31.6. The van der Waals surface area contributed by atoms with E-state index in [0.29, 0.717) is 54.7 Å². The lowest BCUT2D eigenvalue weighted by atomic mass is 9.71. The van der Waals surface area contributed by atoms with Crippen molar-refractivity contribution in [1.29, 1.82) is 0 Å². The summed E-state index contributed by atoms with van der Waals surface area (Å²) < 4.78 is 34.2. The SMILES string of the molecule is COc1ccc(CC2(CC(O[Si](C)C)C(C)(C)C)CCN(Cc3cc(OC)c(OC)c(OC)c3)C2=O)cc1OC. The highest BCUT2D eigenvalue weighted by atomic mass is 28.3. The van der Waals surface area contributed by atoms with Crippen molar-refractivity contribution in [3.8, 4) is 28.7 Å². The van der Waals surface area contributed by atoms with Crippen LogP contribution in [-0.4, -0.2) is 68.0 Å². The summed E-state index contributed by atoms with van der Waals surface area (Å²) in [6, 6.07) is 9.74. The van der Waals surface area contributed by atoms with Gasteiger partial charge in [-0.1, -0.05) is 26.8 Å². The molecule has 1 heterocycles. The van der Waals surface area contributed by atoms with Gasteiger partial charge in [0.1, 0.15) is 0 Å². The maximum atomic E-state index is 14.4. The van der Waals surface area contributed by atoms with Gasteiger partial charge in [0.05, 0.1) is 47.1 Å². The van der Waals surface area contributed by atoms with E-state index in [1.165, 1.54) is 0 Å². The van der Waals surface area contributed by atoms with Gasteiger partial charge in [-0.25, -0.2) is 0 Å². The first-order valence-corrected chi connectivity index (χ1v) is 16.1. The van der Waals surface area contributed by atoms with Crippen molar-refractivity contribution in [3.05, 3.63) is 41.5 Å². The average Bonchev–Trinajstić information content (AvgIpc) is 3.20. The minimum absolute atomic E-state index is 0.0541. The highest BCUT2D eigenvalue weighted by Crippen LogP contribution is 2.46. The van der Waals surface area contributed by atoms with Crippen molar-refractivity contribution in [2.24, 2.45) is 10.8 Å². The van der Waals surface area contributed by atoms with Crippen molar-refractivity contribution < 1.29 is 32.9 Å². The number of hydrogen-bond acceptors (Lipinski definition) is 7. The molecule has 2 aromatic carbocycles. The lowest BCUT2D eigenvalue weighted by Crippen LogP contribution is -2.43. The van der Waals surface area contributed by atoms with Gasteiger partial charge < -0.3 is 33.0 Å². The van der Waals surface area contributed by atoms with E-state index >= 15 is 0 Å². The molecule has 0 aliphatic carbocycles. The number of nitrogens with zero attached hydrogens (tertiary/aromatic N) is 1. The van der Waals surface area contributed by atoms with Gasteiger partial charge in [0.15, 0.2) is 23.0 Å². The molecule has 0 saturated carbocycles. The summed E-state index contributed by atoms with van der Waals surface area (Å²) in [5, 5.41) is 0. The highest BCUT2D eigenvalue weighted by Gasteiger charge is 2.49. The molecular weight excluding hydrogens is 526 g/mol. The van der Waals surface area contributed by atoms with E-state index in [1.54, 1.807) is 35.5 Å². The van der Waals surface area contributed by atoms with Crippen molar-refractivity contribution >= 4 is 14.9 Å². The number of ether oxygens (including phenoxy) is 5. The summed E-state index contributed by atoms with van der Waals surface area (Å²) in [5.41, 5.74) is 1.22. The van der Waals surface area contributed by atoms with Gasteiger partial charge in [-0.2, -0.15) is 0 Å². The van der Waals surface area contributed by atoms with E-state index in [0.717, 1.165) is 17.5 Å². The Labute approximate surface area is 241 Å². The molecule has 0 bridgehead atoms. The molecule has 40 heavy (non-hydrogen) atoms. The third-order valence-corrected chi connectivity index (χ3v) is 8.37. The Balaban J connectivity index is 2.00. The van der Waals surface area contributed by atoms with E-state index in [9.17, 15) is 4.79 Å². The van der Waals surface area contributed by atoms with Gasteiger partial charge in [-0.15, -0.1) is 0 Å². The Morgan fingerprint density at radius 3 is 1.93 bits per heavy atom. The van der Waals surface area contributed by atoms with E-state index in [-0.39, 0.29) is 17.4 Å². The van der Waals surface area contributed by atoms with Crippen LogP contribution in [-0.2, 0) is 22.2 Å². The zero-order valence-corrected chi connectivity index (χ0v) is 26.8. The molecule has 9 heteroatoms. The number of likely N-dealkylation sites (tertiary alicyclic amines) is 1. The van der Waals surface area contributed by atoms with Crippen LogP contribution in [0.15, 0.2) is 30.3 Å². The molecule has 1 aliphatic heterocycles. The molecule has 1 fully saturated rings. The van der Waals surface area contributed by atoms with Crippen molar-refractivity contribution in [3.63, 3.8) is 0 Å². The fourth-order valence-electron chi connectivity index (χ4n) is 5.46. The summed E-state index contributed by atoms with van der Waals surface area (Å²) in [7, 11) is 7.06. The van der Waals surface area contributed by atoms with Gasteiger partial charge in [0.2, 0.25) is 20.7 Å². The molecule has 0 spiro atoms. The molecule has 0 aromatic heterocycles. The van der Waals surface area contributed by atoms with Crippen LogP contribution < -0.4 is 23.7 Å². The molecule has 1 amide bonds. The molecule has 1 aliphatic rings. The molecule has 1 saturated heterocycles. The predicted octanol–water partition coefficient (Wildman–Crippen LogP) is 5.76. The van der Waals surface area contributed by atoms with E-state index in [4.69, 9.17) is 28.1 Å². The standard InChI is InChI=1S/C31H46NO7Si/c1-30(2,3)27(39-40(9)10)19-31(18-21-11-12-23(34-4)24(15-21)35-5)13-14-32(29(31)33)20-22-16-25(36-6)28(38-8)26(17-22)37-7/h11-12,15-17,27H,13-14,18-20H2,1-10H3. The van der Waals surface area contributed by atoms with Crippen LogP contribution in [0.3, 0.4) is 0 Å². The van der Waals surface area contributed by atoms with Crippen molar-refractivity contribution in [2.45, 2.75) is 65.8 Å². The molecule has 3 rings (SSSR count). The summed E-state index contributed by atoms with van der Waals surface area (Å²) in [5.74, 6) is 3.14. The Kier molecular flexibility index (Phi) is 10.4. The second kappa shape index (κ2) is 13.2. The number of carbonyl (C=O) groups excluding carboxylic acids is 1. The van der Waals surface area contributed by atoms with Crippen LogP contribution in [0.4, 0.5) is 0 Å². The first-order valence-electron chi connectivity index (χ1n) is 13.7. The lowest BCUT2D eigenvalue weighted by molar-refractivity contribution is -0.138. The second-order valence-corrected chi connectivity index (χ2v) is 13.8. The van der Waals surface area contributed by atoms with Crippen LogP contribution in [0, 0.1) is 10.8 Å². The molecule has 2 aromatic rings. The third-order valence-electron chi connectivity index (χ3n) is 7.61. The zero-order chi connectivity index (χ0) is 29.7. The van der Waals surface area contributed by atoms with Gasteiger partial charge >= 0.3 is 0 Å². The summed E-state index contributed by atoms with van der Waals surface area (Å²) in [4.78, 5) is 16.4. The predicted molar refractivity (Wildman–Crippen MR) is 158 cm³/mol. The van der Waals surface area contributed by atoms with Crippen LogP contribution >= 0.6 is 0 Å². The minimum atomic E-state index is -0.976. The molecular formula is C31H46NO7Si. The first-order chi connectivity index (χ1) is 18.9. The van der Waals surface area contributed by atoms with Crippen LogP contribution in [0.2, 0.25) is 13.1 Å². The number of amides is 1. The van der Waals surface area contributed by atoms with E-state index in [1.807, 2.05) is 35.2 Å². The molecule has 8 nitrogen and oxygen atoms in total.